The van der Waals surface area contributed by atoms with Crippen molar-refractivity contribution in [3.63, 3.8) is 0 Å². The zero-order valence-electron chi connectivity index (χ0n) is 12.6. The molecule has 0 aliphatic carbocycles. The zero-order valence-corrected chi connectivity index (χ0v) is 14.2. The molecule has 0 unspecified atom stereocenters. The standard InChI is InChI=1S/C17H22BrNO3/c18-15-6-2-1-5-14(15)8-9-16(20)19-11-3-4-13(12-19)7-10-17(21)22/h1-2,5-6,13H,3-4,7-12H2,(H,21,22)/t13-/m1/s1. The molecule has 0 aromatic heterocycles. The molecule has 1 amide bonds. The second kappa shape index (κ2) is 8.32. The van der Waals surface area contributed by atoms with Crippen LogP contribution in [0.25, 0.3) is 0 Å². The molecule has 120 valence electrons. The van der Waals surface area contributed by atoms with Crippen molar-refractivity contribution in [3.8, 4) is 0 Å². The lowest BCUT2D eigenvalue weighted by atomic mass is 9.93. The van der Waals surface area contributed by atoms with Gasteiger partial charge in [0.2, 0.25) is 5.91 Å². The van der Waals surface area contributed by atoms with Crippen LogP contribution >= 0.6 is 15.9 Å². The maximum Gasteiger partial charge on any atom is 0.303 e. The molecule has 1 saturated heterocycles. The summed E-state index contributed by atoms with van der Waals surface area (Å²) in [6.07, 6.45) is 4.12. The Hall–Kier alpha value is -1.36. The van der Waals surface area contributed by atoms with Crippen LogP contribution in [0.5, 0.6) is 0 Å². The van der Waals surface area contributed by atoms with Gasteiger partial charge in [0.15, 0.2) is 0 Å². The summed E-state index contributed by atoms with van der Waals surface area (Å²) >= 11 is 3.51. The highest BCUT2D eigenvalue weighted by Gasteiger charge is 2.23. The monoisotopic (exact) mass is 367 g/mol. The third-order valence-corrected chi connectivity index (χ3v) is 4.98. The molecule has 1 heterocycles. The van der Waals surface area contributed by atoms with Crippen molar-refractivity contribution in [2.75, 3.05) is 13.1 Å². The van der Waals surface area contributed by atoms with Gasteiger partial charge >= 0.3 is 5.97 Å². The van der Waals surface area contributed by atoms with E-state index < -0.39 is 5.97 Å². The summed E-state index contributed by atoms with van der Waals surface area (Å²) in [4.78, 5) is 24.9. The predicted octanol–water partition coefficient (Wildman–Crippen LogP) is 3.49. The van der Waals surface area contributed by atoms with Crippen LogP contribution in [0.2, 0.25) is 0 Å². The minimum atomic E-state index is -0.752. The second-order valence-electron chi connectivity index (χ2n) is 5.87. The Bertz CT molecular complexity index is 532. The van der Waals surface area contributed by atoms with Gasteiger partial charge in [0.05, 0.1) is 0 Å². The number of nitrogens with zero attached hydrogens (tertiary/aromatic N) is 1. The summed E-state index contributed by atoms with van der Waals surface area (Å²) < 4.78 is 1.04. The number of aliphatic carboxylic acids is 1. The number of hydrogen-bond acceptors (Lipinski definition) is 2. The van der Waals surface area contributed by atoms with Crippen LogP contribution in [0.4, 0.5) is 0 Å². The number of carboxylic acid groups (broad SMARTS) is 1. The van der Waals surface area contributed by atoms with E-state index in [1.165, 1.54) is 0 Å². The SMILES string of the molecule is O=C(O)CC[C@H]1CCCN(C(=O)CCc2ccccc2Br)C1. The van der Waals surface area contributed by atoms with Crippen molar-refractivity contribution >= 4 is 27.8 Å². The normalized spacial score (nSPS) is 18.2. The van der Waals surface area contributed by atoms with Crippen molar-refractivity contribution < 1.29 is 14.7 Å². The third kappa shape index (κ3) is 5.13. The van der Waals surface area contributed by atoms with Gasteiger partial charge < -0.3 is 10.0 Å². The number of amides is 1. The van der Waals surface area contributed by atoms with Gasteiger partial charge in [-0.2, -0.15) is 0 Å². The van der Waals surface area contributed by atoms with E-state index in [1.54, 1.807) is 0 Å². The first-order valence-corrected chi connectivity index (χ1v) is 8.58. The van der Waals surface area contributed by atoms with Crippen LogP contribution in [0, 0.1) is 5.92 Å². The highest BCUT2D eigenvalue weighted by atomic mass is 79.9. The molecule has 0 radical (unpaired) electrons. The maximum atomic E-state index is 12.4. The Morgan fingerprint density at radius 1 is 1.27 bits per heavy atom. The largest absolute Gasteiger partial charge is 0.481 e. The Labute approximate surface area is 139 Å². The lowest BCUT2D eigenvalue weighted by molar-refractivity contribution is -0.137. The van der Waals surface area contributed by atoms with E-state index in [0.29, 0.717) is 25.3 Å². The van der Waals surface area contributed by atoms with Crippen molar-refractivity contribution in [2.45, 2.75) is 38.5 Å². The Morgan fingerprint density at radius 2 is 2.05 bits per heavy atom. The fourth-order valence-corrected chi connectivity index (χ4v) is 3.44. The summed E-state index contributed by atoms with van der Waals surface area (Å²) in [6, 6.07) is 7.96. The third-order valence-electron chi connectivity index (χ3n) is 4.20. The molecule has 1 aliphatic heterocycles. The maximum absolute atomic E-state index is 12.4. The molecule has 0 spiro atoms. The summed E-state index contributed by atoms with van der Waals surface area (Å²) in [5.74, 6) is -0.245. The van der Waals surface area contributed by atoms with Crippen molar-refractivity contribution in [1.82, 2.24) is 4.90 Å². The molecule has 1 aliphatic rings. The lowest BCUT2D eigenvalue weighted by Gasteiger charge is -2.32. The van der Waals surface area contributed by atoms with Crippen LogP contribution < -0.4 is 0 Å². The number of carboxylic acids is 1. The van der Waals surface area contributed by atoms with E-state index in [9.17, 15) is 9.59 Å². The van der Waals surface area contributed by atoms with E-state index in [4.69, 9.17) is 5.11 Å². The number of benzene rings is 1. The Morgan fingerprint density at radius 3 is 2.77 bits per heavy atom. The number of likely N-dealkylation sites (tertiary alicyclic amines) is 1. The summed E-state index contributed by atoms with van der Waals surface area (Å²) in [5.41, 5.74) is 1.15. The first-order valence-electron chi connectivity index (χ1n) is 7.79. The van der Waals surface area contributed by atoms with Gasteiger partial charge in [-0.3, -0.25) is 9.59 Å². The topological polar surface area (TPSA) is 57.6 Å². The van der Waals surface area contributed by atoms with E-state index in [0.717, 1.165) is 35.8 Å². The number of carbonyl (C=O) groups is 2. The second-order valence-corrected chi connectivity index (χ2v) is 6.73. The average Bonchev–Trinajstić information content (AvgIpc) is 2.52. The molecule has 1 aromatic carbocycles. The van der Waals surface area contributed by atoms with Gasteiger partial charge in [-0.15, -0.1) is 0 Å². The minimum absolute atomic E-state index is 0.177. The first kappa shape index (κ1) is 17.0. The van der Waals surface area contributed by atoms with Crippen LogP contribution in [0.15, 0.2) is 28.7 Å². The van der Waals surface area contributed by atoms with E-state index in [1.807, 2.05) is 29.2 Å². The summed E-state index contributed by atoms with van der Waals surface area (Å²) in [6.45, 7) is 1.51. The average molecular weight is 368 g/mol. The fraction of sp³-hybridized carbons (Fsp3) is 0.529. The summed E-state index contributed by atoms with van der Waals surface area (Å²) in [7, 11) is 0. The van der Waals surface area contributed by atoms with Crippen molar-refractivity contribution in [1.29, 1.82) is 0 Å². The van der Waals surface area contributed by atoms with Crippen LogP contribution in [0.1, 0.15) is 37.7 Å². The number of hydrogen-bond donors (Lipinski definition) is 1. The zero-order chi connectivity index (χ0) is 15.9. The van der Waals surface area contributed by atoms with Crippen molar-refractivity contribution in [3.05, 3.63) is 34.3 Å². The Balaban J connectivity index is 1.81. The number of rotatable bonds is 6. The molecule has 1 aromatic rings. The van der Waals surface area contributed by atoms with Gasteiger partial charge in [0.1, 0.15) is 0 Å². The molecular weight excluding hydrogens is 346 g/mol. The molecule has 1 N–H and O–H groups in total. The number of piperidine rings is 1. The van der Waals surface area contributed by atoms with Crippen LogP contribution in [-0.4, -0.2) is 35.0 Å². The Kier molecular flexibility index (Phi) is 6.43. The highest BCUT2D eigenvalue weighted by Crippen LogP contribution is 2.23. The molecule has 0 saturated carbocycles. The molecule has 2 rings (SSSR count). The number of carbonyl (C=O) groups excluding carboxylic acids is 1. The van der Waals surface area contributed by atoms with Gasteiger partial charge in [-0.1, -0.05) is 34.1 Å². The fourth-order valence-electron chi connectivity index (χ4n) is 2.96. The highest BCUT2D eigenvalue weighted by molar-refractivity contribution is 9.10. The molecule has 5 heteroatoms. The first-order chi connectivity index (χ1) is 10.6. The summed E-state index contributed by atoms with van der Waals surface area (Å²) in [5, 5.41) is 8.77. The lowest BCUT2D eigenvalue weighted by Crippen LogP contribution is -2.40. The smallest absolute Gasteiger partial charge is 0.303 e. The number of halogens is 1. The molecular formula is C17H22BrNO3. The van der Waals surface area contributed by atoms with Gasteiger partial charge in [-0.05, 0) is 43.2 Å². The van der Waals surface area contributed by atoms with Crippen LogP contribution in [-0.2, 0) is 16.0 Å². The van der Waals surface area contributed by atoms with Gasteiger partial charge in [0.25, 0.3) is 0 Å². The molecule has 1 fully saturated rings. The van der Waals surface area contributed by atoms with Crippen LogP contribution in [0.3, 0.4) is 0 Å². The molecule has 22 heavy (non-hydrogen) atoms. The van der Waals surface area contributed by atoms with Gasteiger partial charge in [0, 0.05) is 30.4 Å². The predicted molar refractivity (Wildman–Crippen MR) is 88.6 cm³/mol. The van der Waals surface area contributed by atoms with Gasteiger partial charge in [-0.25, -0.2) is 0 Å². The molecule has 4 nitrogen and oxygen atoms in total. The van der Waals surface area contributed by atoms with E-state index >= 15 is 0 Å². The molecule has 0 bridgehead atoms. The van der Waals surface area contributed by atoms with E-state index in [-0.39, 0.29) is 12.3 Å². The quantitative estimate of drug-likeness (QED) is 0.836. The minimum Gasteiger partial charge on any atom is -0.481 e. The number of aryl methyl sites for hydroxylation is 1. The van der Waals surface area contributed by atoms with Crippen molar-refractivity contribution in [2.24, 2.45) is 5.92 Å². The molecule has 1 atom stereocenters. The van der Waals surface area contributed by atoms with E-state index in [2.05, 4.69) is 15.9 Å².